The van der Waals surface area contributed by atoms with Crippen LogP contribution in [0.1, 0.15) is 43.7 Å². The van der Waals surface area contributed by atoms with Gasteiger partial charge in [-0.3, -0.25) is 14.3 Å². The quantitative estimate of drug-likeness (QED) is 0.851. The number of likely N-dealkylation sites (tertiary alicyclic amines) is 1. The molecule has 3 rings (SSSR count). The Balaban J connectivity index is 1.72. The van der Waals surface area contributed by atoms with E-state index in [9.17, 15) is 9.59 Å². The van der Waals surface area contributed by atoms with Crippen LogP contribution in [0.3, 0.4) is 0 Å². The van der Waals surface area contributed by atoms with Crippen molar-refractivity contribution in [3.8, 4) is 0 Å². The molecule has 1 saturated heterocycles. The van der Waals surface area contributed by atoms with Crippen molar-refractivity contribution in [2.75, 3.05) is 26.8 Å². The largest absolute Gasteiger partial charge is 0.480 e. The molecular weight excluding hydrogens is 310 g/mol. The summed E-state index contributed by atoms with van der Waals surface area (Å²) in [4.78, 5) is 25.9. The summed E-state index contributed by atoms with van der Waals surface area (Å²) in [7, 11) is 1.65. The van der Waals surface area contributed by atoms with Crippen molar-refractivity contribution in [1.82, 2.24) is 14.7 Å². The number of aromatic nitrogens is 2. The van der Waals surface area contributed by atoms with Gasteiger partial charge in [0, 0.05) is 38.0 Å². The molecule has 1 aliphatic heterocycles. The molecule has 0 unspecified atom stereocenters. The molecule has 1 N–H and O–H groups in total. The van der Waals surface area contributed by atoms with E-state index in [1.54, 1.807) is 13.3 Å². The number of aliphatic carboxylic acids is 1. The van der Waals surface area contributed by atoms with E-state index in [-0.39, 0.29) is 23.8 Å². The number of carbonyl (C=O) groups excluding carboxylic acids is 1. The molecule has 0 aromatic carbocycles. The number of methoxy groups -OCH3 is 1. The molecule has 0 bridgehead atoms. The van der Waals surface area contributed by atoms with Crippen molar-refractivity contribution < 1.29 is 19.4 Å². The van der Waals surface area contributed by atoms with Gasteiger partial charge in [0.2, 0.25) is 5.91 Å². The van der Waals surface area contributed by atoms with Crippen LogP contribution in [0, 0.1) is 5.41 Å². The summed E-state index contributed by atoms with van der Waals surface area (Å²) in [5, 5.41) is 13.1. The Bertz CT molecular complexity index is 609. The molecular formula is C17H25N3O4. The van der Waals surface area contributed by atoms with Gasteiger partial charge >= 0.3 is 5.97 Å². The minimum absolute atomic E-state index is 0.139. The molecule has 2 fully saturated rings. The predicted molar refractivity (Wildman–Crippen MR) is 86.6 cm³/mol. The number of carboxylic acids is 1. The Labute approximate surface area is 141 Å². The maximum Gasteiger partial charge on any atom is 0.325 e. The predicted octanol–water partition coefficient (Wildman–Crippen LogP) is 1.49. The molecule has 1 atom stereocenters. The van der Waals surface area contributed by atoms with Gasteiger partial charge in [0.05, 0.1) is 12.0 Å². The average molecular weight is 335 g/mol. The van der Waals surface area contributed by atoms with E-state index in [0.717, 1.165) is 44.3 Å². The van der Waals surface area contributed by atoms with Crippen LogP contribution < -0.4 is 0 Å². The fourth-order valence-corrected chi connectivity index (χ4v) is 3.99. The first-order valence-corrected chi connectivity index (χ1v) is 8.57. The highest BCUT2D eigenvalue weighted by molar-refractivity contribution is 5.84. The van der Waals surface area contributed by atoms with Gasteiger partial charge in [0.1, 0.15) is 6.54 Å². The molecule has 0 radical (unpaired) electrons. The van der Waals surface area contributed by atoms with Crippen molar-refractivity contribution in [3.05, 3.63) is 18.0 Å². The van der Waals surface area contributed by atoms with Gasteiger partial charge in [0.25, 0.3) is 0 Å². The number of carboxylic acid groups (broad SMARTS) is 1. The average Bonchev–Trinajstić information content (AvgIpc) is 2.97. The highest BCUT2D eigenvalue weighted by Crippen LogP contribution is 2.43. The lowest BCUT2D eigenvalue weighted by molar-refractivity contribution is -0.153. The zero-order chi connectivity index (χ0) is 17.2. The molecule has 1 saturated carbocycles. The van der Waals surface area contributed by atoms with Crippen LogP contribution in [0.4, 0.5) is 0 Å². The maximum atomic E-state index is 13.0. The Hall–Kier alpha value is -1.89. The number of hydrogen-bond donors (Lipinski definition) is 1. The van der Waals surface area contributed by atoms with Gasteiger partial charge in [-0.05, 0) is 31.7 Å². The maximum absolute atomic E-state index is 13.0. The van der Waals surface area contributed by atoms with Crippen molar-refractivity contribution in [1.29, 1.82) is 0 Å². The van der Waals surface area contributed by atoms with Gasteiger partial charge in [-0.25, -0.2) is 0 Å². The molecule has 2 aliphatic rings. The summed E-state index contributed by atoms with van der Waals surface area (Å²) in [5.41, 5.74) is 0.571. The highest BCUT2D eigenvalue weighted by atomic mass is 16.5. The van der Waals surface area contributed by atoms with E-state index in [4.69, 9.17) is 9.84 Å². The third-order valence-corrected chi connectivity index (χ3v) is 5.35. The Morgan fingerprint density at radius 3 is 2.83 bits per heavy atom. The SMILES string of the molecule is COCC1(C(=O)N2CCC[C@@H](c3ccnn3CC(=O)O)C2)CCC1. The number of rotatable bonds is 6. The van der Waals surface area contributed by atoms with E-state index < -0.39 is 5.97 Å². The third-order valence-electron chi connectivity index (χ3n) is 5.35. The smallest absolute Gasteiger partial charge is 0.325 e. The summed E-state index contributed by atoms with van der Waals surface area (Å²) >= 11 is 0. The van der Waals surface area contributed by atoms with Crippen LogP contribution in [-0.4, -0.2) is 58.5 Å². The van der Waals surface area contributed by atoms with Crippen LogP contribution in [0.15, 0.2) is 12.3 Å². The lowest BCUT2D eigenvalue weighted by Crippen LogP contribution is -2.52. The zero-order valence-corrected chi connectivity index (χ0v) is 14.1. The number of piperidine rings is 1. The van der Waals surface area contributed by atoms with Crippen molar-refractivity contribution in [2.24, 2.45) is 5.41 Å². The van der Waals surface area contributed by atoms with Gasteiger partial charge in [-0.1, -0.05) is 6.42 Å². The summed E-state index contributed by atoms with van der Waals surface area (Å²) in [5.74, 6) is -0.564. The van der Waals surface area contributed by atoms with Gasteiger partial charge < -0.3 is 14.7 Å². The van der Waals surface area contributed by atoms with Gasteiger partial charge in [-0.2, -0.15) is 5.10 Å². The first kappa shape index (κ1) is 17.0. The number of amides is 1. The standard InChI is InChI=1S/C17H25N3O4/c1-24-12-17(6-3-7-17)16(23)19-9-2-4-13(10-19)14-5-8-18-20(14)11-15(21)22/h5,8,13H,2-4,6-7,9-12H2,1H3,(H,21,22)/t13-/m1/s1. The van der Waals surface area contributed by atoms with E-state index in [1.165, 1.54) is 4.68 Å². The normalized spacial score (nSPS) is 22.9. The third kappa shape index (κ3) is 3.17. The fraction of sp³-hybridized carbons (Fsp3) is 0.706. The van der Waals surface area contributed by atoms with Crippen molar-refractivity contribution >= 4 is 11.9 Å². The Morgan fingerprint density at radius 2 is 2.21 bits per heavy atom. The van der Waals surface area contributed by atoms with Crippen molar-refractivity contribution in [3.63, 3.8) is 0 Å². The van der Waals surface area contributed by atoms with E-state index in [2.05, 4.69) is 5.10 Å². The minimum Gasteiger partial charge on any atom is -0.480 e. The number of carbonyl (C=O) groups is 2. The molecule has 1 aliphatic carbocycles. The second-order valence-corrected chi connectivity index (χ2v) is 6.96. The summed E-state index contributed by atoms with van der Waals surface area (Å²) in [6.45, 7) is 1.76. The van der Waals surface area contributed by atoms with Crippen LogP contribution in [0.5, 0.6) is 0 Å². The molecule has 1 aromatic rings. The lowest BCUT2D eigenvalue weighted by Gasteiger charge is -2.45. The van der Waals surface area contributed by atoms with Crippen molar-refractivity contribution in [2.45, 2.75) is 44.6 Å². The van der Waals surface area contributed by atoms with E-state index in [0.29, 0.717) is 13.2 Å². The molecule has 24 heavy (non-hydrogen) atoms. The second-order valence-electron chi connectivity index (χ2n) is 6.96. The van der Waals surface area contributed by atoms with Crippen LogP contribution in [0.25, 0.3) is 0 Å². The molecule has 2 heterocycles. The summed E-state index contributed by atoms with van der Waals surface area (Å²) in [6, 6.07) is 1.87. The van der Waals surface area contributed by atoms with Gasteiger partial charge in [0.15, 0.2) is 0 Å². The summed E-state index contributed by atoms with van der Waals surface area (Å²) in [6.07, 6.45) is 6.40. The number of hydrogen-bond acceptors (Lipinski definition) is 4. The molecule has 1 amide bonds. The monoisotopic (exact) mass is 335 g/mol. The molecule has 132 valence electrons. The number of nitrogens with zero attached hydrogens (tertiary/aromatic N) is 3. The molecule has 0 spiro atoms. The Kier molecular flexibility index (Phi) is 4.89. The topological polar surface area (TPSA) is 84.7 Å². The van der Waals surface area contributed by atoms with Crippen LogP contribution in [0.2, 0.25) is 0 Å². The molecule has 7 heteroatoms. The Morgan fingerprint density at radius 1 is 1.42 bits per heavy atom. The minimum atomic E-state index is -0.905. The lowest BCUT2D eigenvalue weighted by atomic mass is 9.68. The molecule has 7 nitrogen and oxygen atoms in total. The first-order valence-electron chi connectivity index (χ1n) is 8.57. The number of ether oxygens (including phenoxy) is 1. The van der Waals surface area contributed by atoms with Crippen LogP contribution >= 0.6 is 0 Å². The summed E-state index contributed by atoms with van der Waals surface area (Å²) < 4.78 is 6.83. The molecule has 1 aromatic heterocycles. The van der Waals surface area contributed by atoms with Crippen LogP contribution in [-0.2, 0) is 20.9 Å². The first-order chi connectivity index (χ1) is 11.6. The van der Waals surface area contributed by atoms with E-state index in [1.807, 2.05) is 11.0 Å². The van der Waals surface area contributed by atoms with Gasteiger partial charge in [-0.15, -0.1) is 0 Å². The van der Waals surface area contributed by atoms with E-state index >= 15 is 0 Å². The fourth-order valence-electron chi connectivity index (χ4n) is 3.99. The highest BCUT2D eigenvalue weighted by Gasteiger charge is 2.47. The zero-order valence-electron chi connectivity index (χ0n) is 14.1. The second kappa shape index (κ2) is 6.93.